The molecular weight excluding hydrogens is 276 g/mol. The van der Waals surface area contributed by atoms with Crippen LogP contribution in [0.25, 0.3) is 6.08 Å². The lowest BCUT2D eigenvalue weighted by Crippen LogP contribution is -1.90. The zero-order valence-corrected chi connectivity index (χ0v) is 15.1. The molecule has 1 aromatic rings. The minimum atomic E-state index is 0. The van der Waals surface area contributed by atoms with Crippen LogP contribution in [0.15, 0.2) is 29.9 Å². The minimum absolute atomic E-state index is 0. The third kappa shape index (κ3) is 11.9. The maximum absolute atomic E-state index is 4.03. The van der Waals surface area contributed by atoms with Crippen molar-refractivity contribution in [2.45, 2.75) is 91.0 Å². The van der Waals surface area contributed by atoms with E-state index in [1.54, 1.807) is 0 Å². The molecule has 0 nitrogen and oxygen atoms in total. The van der Waals surface area contributed by atoms with Crippen molar-refractivity contribution in [2.75, 3.05) is 0 Å². The highest BCUT2D eigenvalue weighted by atomic mass is 14.1. The highest BCUT2D eigenvalue weighted by Gasteiger charge is 2.02. The summed E-state index contributed by atoms with van der Waals surface area (Å²) in [5.74, 6) is 0. The number of benzene rings is 1. The predicted octanol–water partition coefficient (Wildman–Crippen LogP) is 8.94. The first-order valence-electron chi connectivity index (χ1n) is 7.90. The Kier molecular flexibility index (Phi) is 27.2. The largest absolute Gasteiger partial charge is 0.0958 e. The van der Waals surface area contributed by atoms with Crippen LogP contribution in [0, 0.1) is 20.8 Å². The van der Waals surface area contributed by atoms with Gasteiger partial charge in [0.1, 0.15) is 0 Å². The Labute approximate surface area is 149 Å². The summed E-state index contributed by atoms with van der Waals surface area (Å²) >= 11 is 0. The monoisotopic (exact) mass is 322 g/mol. The lowest BCUT2D eigenvalue weighted by molar-refractivity contribution is 1.12. The van der Waals surface area contributed by atoms with Gasteiger partial charge in [-0.05, 0) is 56.4 Å². The van der Waals surface area contributed by atoms with Gasteiger partial charge in [0.2, 0.25) is 0 Å². The van der Waals surface area contributed by atoms with Crippen molar-refractivity contribution < 1.29 is 0 Å². The van der Waals surface area contributed by atoms with Gasteiger partial charge in [0, 0.05) is 0 Å². The summed E-state index contributed by atoms with van der Waals surface area (Å²) in [5.41, 5.74) is 7.90. The van der Waals surface area contributed by atoms with Crippen molar-refractivity contribution in [1.29, 1.82) is 0 Å². The van der Waals surface area contributed by atoms with Crippen molar-refractivity contribution >= 4 is 6.08 Å². The molecule has 0 amide bonds. The summed E-state index contributed by atoms with van der Waals surface area (Å²) in [4.78, 5) is 0. The molecular formula is C23H46. The molecule has 0 aromatic heterocycles. The fourth-order valence-corrected chi connectivity index (χ4v) is 1.94. The minimum Gasteiger partial charge on any atom is -0.0958 e. The Hall–Kier alpha value is -1.30. The fraction of sp³-hybridized carbons (Fsp3) is 0.565. The van der Waals surface area contributed by atoms with E-state index >= 15 is 0 Å². The highest BCUT2D eigenvalue weighted by molar-refractivity contribution is 5.62. The zero-order valence-electron chi connectivity index (χ0n) is 15.1. The number of aryl methyl sites for hydroxylation is 2. The summed E-state index contributed by atoms with van der Waals surface area (Å²) in [5, 5.41) is 0. The molecule has 0 radical (unpaired) electrons. The van der Waals surface area contributed by atoms with Crippen LogP contribution in [0.1, 0.15) is 92.5 Å². The molecule has 0 aliphatic carbocycles. The van der Waals surface area contributed by atoms with E-state index in [0.717, 1.165) is 6.42 Å². The molecule has 1 rings (SSSR count). The molecule has 0 saturated heterocycles. The van der Waals surface area contributed by atoms with Gasteiger partial charge in [-0.2, -0.15) is 0 Å². The summed E-state index contributed by atoms with van der Waals surface area (Å²) in [7, 11) is 0. The molecule has 0 atom stereocenters. The molecule has 0 N–H and O–H groups in total. The number of hydrogen-bond acceptors (Lipinski definition) is 0. The molecule has 0 saturated carbocycles. The third-order valence-electron chi connectivity index (χ3n) is 3.11. The first kappa shape index (κ1) is 33.3. The molecule has 138 valence electrons. The Morgan fingerprint density at radius 1 is 0.957 bits per heavy atom. The average Bonchev–Trinajstić information content (AvgIpc) is 2.45. The normalized spacial score (nSPS) is 8.65. The topological polar surface area (TPSA) is 0 Å². The number of rotatable bonds is 3. The second-order valence-electron chi connectivity index (χ2n) is 4.60. The Morgan fingerprint density at radius 3 is 1.74 bits per heavy atom. The number of hydrogen-bond donors (Lipinski definition) is 0. The molecule has 0 fully saturated rings. The van der Waals surface area contributed by atoms with Gasteiger partial charge in [0.25, 0.3) is 0 Å². The zero-order chi connectivity index (χ0) is 16.3. The van der Waals surface area contributed by atoms with Crippen molar-refractivity contribution in [3.8, 4) is 0 Å². The van der Waals surface area contributed by atoms with Crippen LogP contribution in [-0.2, 0) is 0 Å². The van der Waals surface area contributed by atoms with E-state index in [4.69, 9.17) is 0 Å². The van der Waals surface area contributed by atoms with Gasteiger partial charge in [-0.3, -0.25) is 0 Å². The first-order valence-corrected chi connectivity index (χ1v) is 7.90. The van der Waals surface area contributed by atoms with E-state index < -0.39 is 0 Å². The molecule has 0 aliphatic rings. The van der Waals surface area contributed by atoms with Gasteiger partial charge in [0.15, 0.2) is 0 Å². The Bertz CT molecular complexity index is 434. The second-order valence-corrected chi connectivity index (χ2v) is 4.60. The van der Waals surface area contributed by atoms with Gasteiger partial charge >= 0.3 is 0 Å². The third-order valence-corrected chi connectivity index (χ3v) is 3.11. The van der Waals surface area contributed by atoms with Gasteiger partial charge in [0.05, 0.1) is 0 Å². The van der Waals surface area contributed by atoms with E-state index in [-0.39, 0.29) is 22.3 Å². The molecule has 0 heteroatoms. The standard InChI is InChI=1S/C16H22.2C2H6.3CH4/c1-7-15(11(2)3)10-16-9-12(4)8-13(5)14(16)6;2*1-2;;;/h8-10H,2,7H2,1,3-6H3;2*1-2H3;3*1H4/b15-10-;;;;;. The van der Waals surface area contributed by atoms with Gasteiger partial charge < -0.3 is 0 Å². The Morgan fingerprint density at radius 2 is 1.39 bits per heavy atom. The maximum atomic E-state index is 4.03. The van der Waals surface area contributed by atoms with Crippen LogP contribution < -0.4 is 0 Å². The molecule has 0 bridgehead atoms. The summed E-state index contributed by atoms with van der Waals surface area (Å²) in [6.07, 6.45) is 3.32. The molecule has 1 aromatic carbocycles. The smallest absolute Gasteiger partial charge is 0.0219 e. The van der Waals surface area contributed by atoms with E-state index in [1.807, 2.05) is 27.7 Å². The van der Waals surface area contributed by atoms with Crippen LogP contribution in [0.5, 0.6) is 0 Å². The van der Waals surface area contributed by atoms with Gasteiger partial charge in [-0.25, -0.2) is 0 Å². The number of allylic oxidation sites excluding steroid dienone is 2. The molecule has 0 unspecified atom stereocenters. The van der Waals surface area contributed by atoms with Crippen LogP contribution >= 0.6 is 0 Å². The van der Waals surface area contributed by atoms with E-state index in [0.29, 0.717) is 0 Å². The van der Waals surface area contributed by atoms with Crippen molar-refractivity contribution in [3.05, 3.63) is 52.1 Å². The summed E-state index contributed by atoms with van der Waals surface area (Å²) in [6.45, 7) is 22.8. The summed E-state index contributed by atoms with van der Waals surface area (Å²) < 4.78 is 0. The van der Waals surface area contributed by atoms with Gasteiger partial charge in [-0.15, -0.1) is 0 Å². The van der Waals surface area contributed by atoms with E-state index in [1.165, 1.54) is 33.4 Å². The molecule has 0 spiro atoms. The first-order chi connectivity index (χ1) is 9.45. The lowest BCUT2D eigenvalue weighted by atomic mass is 9.96. The second kappa shape index (κ2) is 18.7. The van der Waals surface area contributed by atoms with Crippen molar-refractivity contribution in [1.82, 2.24) is 0 Å². The molecule has 23 heavy (non-hydrogen) atoms. The van der Waals surface area contributed by atoms with Gasteiger partial charge in [-0.1, -0.05) is 92.8 Å². The van der Waals surface area contributed by atoms with E-state index in [9.17, 15) is 0 Å². The van der Waals surface area contributed by atoms with Crippen LogP contribution in [-0.4, -0.2) is 0 Å². The van der Waals surface area contributed by atoms with E-state index in [2.05, 4.69) is 59.4 Å². The Balaban J connectivity index is -0.000000143. The average molecular weight is 323 g/mol. The van der Waals surface area contributed by atoms with Crippen molar-refractivity contribution in [3.63, 3.8) is 0 Å². The van der Waals surface area contributed by atoms with Crippen LogP contribution in [0.2, 0.25) is 0 Å². The molecule has 0 heterocycles. The van der Waals surface area contributed by atoms with Crippen LogP contribution in [0.3, 0.4) is 0 Å². The fourth-order valence-electron chi connectivity index (χ4n) is 1.94. The van der Waals surface area contributed by atoms with Crippen molar-refractivity contribution in [2.24, 2.45) is 0 Å². The SMILES string of the molecule is C.C.C.C=C(C)/C(=C\c1cc(C)cc(C)c1C)CC.CC.CC. The predicted molar refractivity (Wildman–Crippen MR) is 117 cm³/mol. The highest BCUT2D eigenvalue weighted by Crippen LogP contribution is 2.22. The molecule has 0 aliphatic heterocycles. The van der Waals surface area contributed by atoms with Crippen LogP contribution in [0.4, 0.5) is 0 Å². The lowest BCUT2D eigenvalue weighted by Gasteiger charge is -2.10. The quantitative estimate of drug-likeness (QED) is 0.487. The summed E-state index contributed by atoms with van der Waals surface area (Å²) in [6, 6.07) is 4.49. The maximum Gasteiger partial charge on any atom is -0.0219 e.